The van der Waals surface area contributed by atoms with E-state index < -0.39 is 39.4 Å². The Morgan fingerprint density at radius 3 is 1.94 bits per heavy atom. The van der Waals surface area contributed by atoms with Gasteiger partial charge in [0.25, 0.3) is 11.8 Å². The molecule has 0 aliphatic rings. The molecular formula is C42H53N13O8S. The molecule has 6 aromatic rings. The summed E-state index contributed by atoms with van der Waals surface area (Å²) in [6.45, 7) is 14.2. The minimum Gasteiger partial charge on any atom is -0.491 e. The molecule has 6 N–H and O–H groups in total. The molecule has 340 valence electrons. The Hall–Kier alpha value is -7.07. The van der Waals surface area contributed by atoms with Crippen LogP contribution in [-0.2, 0) is 40.9 Å². The molecule has 0 radical (unpaired) electrons. The van der Waals surface area contributed by atoms with E-state index in [-0.39, 0.29) is 53.3 Å². The van der Waals surface area contributed by atoms with Crippen LogP contribution in [0, 0.1) is 13.8 Å². The molecule has 0 saturated carbocycles. The fourth-order valence-electron chi connectivity index (χ4n) is 6.87. The van der Waals surface area contributed by atoms with Crippen molar-refractivity contribution < 1.29 is 37.1 Å². The van der Waals surface area contributed by atoms with Crippen molar-refractivity contribution in [2.24, 2.45) is 10.9 Å². The highest BCUT2D eigenvalue weighted by Gasteiger charge is 2.24. The minimum absolute atomic E-state index is 0.102. The third-order valence-corrected chi connectivity index (χ3v) is 10.7. The highest BCUT2D eigenvalue weighted by Crippen LogP contribution is 2.32. The van der Waals surface area contributed by atoms with Crippen molar-refractivity contribution in [1.82, 2.24) is 43.6 Å². The number of carbonyl (C=O) groups excluding carboxylic acids is 4. The number of hydrogen-bond donors (Lipinski definition) is 4. The van der Waals surface area contributed by atoms with Crippen LogP contribution in [0.2, 0.25) is 0 Å². The van der Waals surface area contributed by atoms with Gasteiger partial charge in [0.2, 0.25) is 27.8 Å². The van der Waals surface area contributed by atoms with Crippen LogP contribution >= 0.6 is 0 Å². The molecule has 0 bridgehead atoms. The van der Waals surface area contributed by atoms with Crippen molar-refractivity contribution in [2.75, 3.05) is 30.8 Å². The smallest absolute Gasteiger partial charge is 0.410 e. The lowest BCUT2D eigenvalue weighted by Gasteiger charge is -2.24. The highest BCUT2D eigenvalue weighted by molar-refractivity contribution is 7.89. The summed E-state index contributed by atoms with van der Waals surface area (Å²) in [4.78, 5) is 63.1. The van der Waals surface area contributed by atoms with E-state index in [4.69, 9.17) is 25.3 Å². The molecule has 0 aliphatic carbocycles. The van der Waals surface area contributed by atoms with Gasteiger partial charge in [0, 0.05) is 45.3 Å². The van der Waals surface area contributed by atoms with E-state index in [1.54, 1.807) is 90.5 Å². The number of aromatic nitrogens is 8. The maximum atomic E-state index is 13.8. The number of rotatable bonds is 17. The Labute approximate surface area is 369 Å². The van der Waals surface area contributed by atoms with E-state index in [0.29, 0.717) is 65.4 Å². The second-order valence-electron chi connectivity index (χ2n) is 16.0. The van der Waals surface area contributed by atoms with Gasteiger partial charge >= 0.3 is 6.09 Å². The second kappa shape index (κ2) is 18.7. The fraction of sp³-hybridized carbons (Fsp3) is 0.381. The number of primary sulfonamides is 1. The fourth-order valence-corrected chi connectivity index (χ4v) is 7.40. The Morgan fingerprint density at radius 2 is 1.39 bits per heavy atom. The van der Waals surface area contributed by atoms with Crippen LogP contribution in [-0.4, -0.2) is 102 Å². The SMILES string of the molecule is CCn1nc(C)cc1C(=O)Nc1nc2cc(S(N)(=O)=O)ccc2n1C/C=C/Cn1c(NC(=O)c2cc(C)nn2CC)nc2cc(C(N)=O)cc(OCCCN(C)C(=O)OC(C)(C)C)c21. The Kier molecular flexibility index (Phi) is 13.6. The molecule has 0 fully saturated rings. The molecule has 0 spiro atoms. The molecule has 0 saturated heterocycles. The summed E-state index contributed by atoms with van der Waals surface area (Å²) in [5, 5.41) is 19.9. The first-order valence-electron chi connectivity index (χ1n) is 20.5. The van der Waals surface area contributed by atoms with Gasteiger partial charge < -0.3 is 29.2 Å². The number of hydrogen-bond acceptors (Lipinski definition) is 12. The summed E-state index contributed by atoms with van der Waals surface area (Å²) >= 11 is 0. The van der Waals surface area contributed by atoms with Crippen LogP contribution < -0.4 is 26.2 Å². The molecule has 64 heavy (non-hydrogen) atoms. The third kappa shape index (κ3) is 10.6. The van der Waals surface area contributed by atoms with E-state index in [1.165, 1.54) is 29.2 Å². The number of nitrogens with zero attached hydrogens (tertiary/aromatic N) is 9. The molecule has 2 aromatic carbocycles. The molecule has 0 atom stereocenters. The summed E-state index contributed by atoms with van der Waals surface area (Å²) in [6, 6.07) is 10.6. The van der Waals surface area contributed by atoms with Crippen LogP contribution in [0.15, 0.2) is 59.5 Å². The lowest BCUT2D eigenvalue weighted by Crippen LogP contribution is -2.35. The number of sulfonamides is 1. The summed E-state index contributed by atoms with van der Waals surface area (Å²) < 4.78 is 42.7. The minimum atomic E-state index is -4.06. The van der Waals surface area contributed by atoms with E-state index in [1.807, 2.05) is 13.8 Å². The standard InChI is InChI=1S/C42H53N13O8S/c1-9-54-32(20-25(3)49-54)37(57)47-39-45-29-24-28(64(44,60)61)14-15-31(29)52(39)17-11-12-18-53-35-30(46-40(53)48-38(58)33-21-26(4)50-55(33)10-2)22-27(36(43)56)23-34(35)62-19-13-16-51(8)41(59)63-42(5,6)7/h11-12,14-15,20-24H,9-10,13,16-19H2,1-8H3,(H2,43,56)(H2,44,60,61)(H,45,47,57)(H,46,48,58)/b12-11+. The van der Waals surface area contributed by atoms with Crippen molar-refractivity contribution in [2.45, 2.75) is 91.6 Å². The first-order chi connectivity index (χ1) is 30.2. The number of carbonyl (C=O) groups is 4. The largest absolute Gasteiger partial charge is 0.491 e. The molecule has 0 aliphatic heterocycles. The van der Waals surface area contributed by atoms with Crippen LogP contribution in [0.5, 0.6) is 5.75 Å². The van der Waals surface area contributed by atoms with Crippen molar-refractivity contribution >= 4 is 67.8 Å². The maximum Gasteiger partial charge on any atom is 0.410 e. The Balaban J connectivity index is 1.36. The molecule has 4 aromatic heterocycles. The average molecular weight is 900 g/mol. The molecule has 21 nitrogen and oxygen atoms in total. The first-order valence-corrected chi connectivity index (χ1v) is 22.0. The third-order valence-electron chi connectivity index (χ3n) is 9.80. The van der Waals surface area contributed by atoms with Crippen LogP contribution in [0.1, 0.15) is 83.8 Å². The van der Waals surface area contributed by atoms with Gasteiger partial charge in [-0.25, -0.2) is 28.3 Å². The number of nitrogens with one attached hydrogen (secondary N) is 2. The predicted molar refractivity (Wildman–Crippen MR) is 239 cm³/mol. The number of imidazole rings is 2. The molecular weight excluding hydrogens is 847 g/mol. The van der Waals surface area contributed by atoms with Gasteiger partial charge in [-0.15, -0.1) is 0 Å². The van der Waals surface area contributed by atoms with E-state index in [2.05, 4.69) is 25.8 Å². The molecule has 4 amide bonds. The zero-order chi connectivity index (χ0) is 46.7. The first kappa shape index (κ1) is 46.4. The van der Waals surface area contributed by atoms with E-state index in [0.717, 1.165) is 0 Å². The van der Waals surface area contributed by atoms with Gasteiger partial charge in [0.1, 0.15) is 28.3 Å². The van der Waals surface area contributed by atoms with E-state index >= 15 is 0 Å². The average Bonchev–Trinajstić information content (AvgIpc) is 3.98. The number of ether oxygens (including phenoxy) is 2. The summed E-state index contributed by atoms with van der Waals surface area (Å²) in [7, 11) is -2.44. The van der Waals surface area contributed by atoms with Gasteiger partial charge in [-0.2, -0.15) is 10.2 Å². The van der Waals surface area contributed by atoms with Gasteiger partial charge in [0.05, 0.1) is 39.4 Å². The Morgan fingerprint density at radius 1 is 0.828 bits per heavy atom. The number of primary amides is 1. The zero-order valence-electron chi connectivity index (χ0n) is 37.0. The van der Waals surface area contributed by atoms with Gasteiger partial charge in [0.15, 0.2) is 0 Å². The number of benzene rings is 2. The number of aryl methyl sites for hydroxylation is 4. The lowest BCUT2D eigenvalue weighted by atomic mass is 10.1. The van der Waals surface area contributed by atoms with Crippen LogP contribution in [0.3, 0.4) is 0 Å². The number of nitrogens with two attached hydrogens (primary N) is 2. The number of anilines is 2. The van der Waals surface area contributed by atoms with Crippen molar-refractivity contribution in [3.05, 3.63) is 83.0 Å². The van der Waals surface area contributed by atoms with Crippen molar-refractivity contribution in [3.8, 4) is 5.75 Å². The summed E-state index contributed by atoms with van der Waals surface area (Å²) in [6.07, 6.45) is 3.50. The van der Waals surface area contributed by atoms with Gasteiger partial charge in [-0.1, -0.05) is 12.2 Å². The summed E-state index contributed by atoms with van der Waals surface area (Å²) in [5.41, 5.74) is 8.63. The topological polar surface area (TPSA) is 272 Å². The van der Waals surface area contributed by atoms with Crippen molar-refractivity contribution in [3.63, 3.8) is 0 Å². The van der Waals surface area contributed by atoms with Gasteiger partial charge in [-0.3, -0.25) is 34.4 Å². The Bertz CT molecular complexity index is 2900. The quantitative estimate of drug-likeness (QED) is 0.0724. The number of allylic oxidation sites excluding steroid dienone is 2. The van der Waals surface area contributed by atoms with Crippen LogP contribution in [0.4, 0.5) is 16.7 Å². The molecule has 6 rings (SSSR count). The predicted octanol–water partition coefficient (Wildman–Crippen LogP) is 4.58. The number of amides is 4. The summed E-state index contributed by atoms with van der Waals surface area (Å²) in [5.74, 6) is -1.16. The highest BCUT2D eigenvalue weighted by atomic mass is 32.2. The monoisotopic (exact) mass is 899 g/mol. The normalized spacial score (nSPS) is 12.0. The molecule has 0 unspecified atom stereocenters. The van der Waals surface area contributed by atoms with E-state index in [9.17, 15) is 27.6 Å². The number of fused-ring (bicyclic) bond motifs is 2. The lowest BCUT2D eigenvalue weighted by molar-refractivity contribution is 0.0291. The van der Waals surface area contributed by atoms with Gasteiger partial charge in [-0.05, 0) is 97.4 Å². The molecule has 4 heterocycles. The van der Waals surface area contributed by atoms with Crippen molar-refractivity contribution in [1.29, 1.82) is 0 Å². The second-order valence-corrected chi connectivity index (χ2v) is 17.5. The zero-order valence-corrected chi connectivity index (χ0v) is 37.8. The van der Waals surface area contributed by atoms with Crippen LogP contribution in [0.25, 0.3) is 22.1 Å². The molecule has 22 heteroatoms. The maximum absolute atomic E-state index is 13.8.